The van der Waals surface area contributed by atoms with Crippen molar-refractivity contribution in [1.82, 2.24) is 19.8 Å². The monoisotopic (exact) mass is 318 g/mol. The smallest absolute Gasteiger partial charge is 0.251 e. The Morgan fingerprint density at radius 3 is 2.65 bits per heavy atom. The van der Waals surface area contributed by atoms with E-state index in [0.29, 0.717) is 12.5 Å². The number of likely N-dealkylation sites (tertiary alicyclic amines) is 2. The summed E-state index contributed by atoms with van der Waals surface area (Å²) in [4.78, 5) is 35.6. The maximum absolute atomic E-state index is 12.1. The topological polar surface area (TPSA) is 69.3 Å². The van der Waals surface area contributed by atoms with Crippen molar-refractivity contribution >= 4 is 5.91 Å². The van der Waals surface area contributed by atoms with Crippen molar-refractivity contribution < 1.29 is 4.79 Å². The number of rotatable bonds is 2. The molecule has 1 amide bonds. The molecule has 3 heterocycles. The van der Waals surface area contributed by atoms with E-state index < -0.39 is 0 Å². The molecule has 0 aromatic carbocycles. The first-order chi connectivity index (χ1) is 11.0. The van der Waals surface area contributed by atoms with Gasteiger partial charge in [-0.05, 0) is 45.8 Å². The van der Waals surface area contributed by atoms with Gasteiger partial charge in [-0.2, -0.15) is 0 Å². The number of hydrogen-bond donors (Lipinski definition) is 1. The molecule has 0 saturated carbocycles. The molecule has 0 unspecified atom stereocenters. The van der Waals surface area contributed by atoms with E-state index in [4.69, 9.17) is 4.98 Å². The largest absolute Gasteiger partial charge is 0.342 e. The van der Waals surface area contributed by atoms with Crippen molar-refractivity contribution in [3.8, 4) is 0 Å². The number of hydrogen-bond acceptors (Lipinski definition) is 4. The number of nitrogens with zero attached hydrogens (tertiary/aromatic N) is 3. The predicted molar refractivity (Wildman–Crippen MR) is 88.6 cm³/mol. The quantitative estimate of drug-likeness (QED) is 0.892. The van der Waals surface area contributed by atoms with Gasteiger partial charge >= 0.3 is 0 Å². The van der Waals surface area contributed by atoms with Crippen LogP contribution in [-0.4, -0.2) is 58.9 Å². The molecule has 2 aliphatic heterocycles. The first-order valence-corrected chi connectivity index (χ1v) is 8.58. The molecule has 6 heteroatoms. The summed E-state index contributed by atoms with van der Waals surface area (Å²) in [7, 11) is 2.13. The second-order valence-electron chi connectivity index (χ2n) is 6.94. The Hall–Kier alpha value is -1.69. The molecule has 1 atom stereocenters. The Bertz CT molecular complexity index is 619. The SMILES string of the molecule is CC(=O)N1CCC[C@H](c2cc(=O)[nH]c(C3CCN(C)CC3)n2)C1. The van der Waals surface area contributed by atoms with Crippen molar-refractivity contribution in [1.29, 1.82) is 0 Å². The lowest BCUT2D eigenvalue weighted by Gasteiger charge is -2.32. The van der Waals surface area contributed by atoms with Gasteiger partial charge in [-0.3, -0.25) is 9.59 Å². The summed E-state index contributed by atoms with van der Waals surface area (Å²) >= 11 is 0. The zero-order chi connectivity index (χ0) is 16.4. The van der Waals surface area contributed by atoms with Crippen LogP contribution in [0.4, 0.5) is 0 Å². The first-order valence-electron chi connectivity index (χ1n) is 8.58. The minimum absolute atomic E-state index is 0.0659. The van der Waals surface area contributed by atoms with Crippen molar-refractivity contribution in [2.75, 3.05) is 33.2 Å². The highest BCUT2D eigenvalue weighted by Gasteiger charge is 2.26. The molecule has 0 bridgehead atoms. The van der Waals surface area contributed by atoms with Crippen LogP contribution in [-0.2, 0) is 4.79 Å². The molecule has 0 spiro atoms. The Morgan fingerprint density at radius 2 is 1.96 bits per heavy atom. The Labute approximate surface area is 136 Å². The minimum atomic E-state index is -0.0659. The van der Waals surface area contributed by atoms with E-state index in [1.54, 1.807) is 13.0 Å². The number of H-pyrrole nitrogens is 1. The number of carbonyl (C=O) groups is 1. The Kier molecular flexibility index (Phi) is 4.80. The summed E-state index contributed by atoms with van der Waals surface area (Å²) in [5, 5.41) is 0. The van der Waals surface area contributed by atoms with Gasteiger partial charge in [0.15, 0.2) is 0 Å². The van der Waals surface area contributed by atoms with Gasteiger partial charge < -0.3 is 14.8 Å². The van der Waals surface area contributed by atoms with Crippen LogP contribution in [0, 0.1) is 0 Å². The summed E-state index contributed by atoms with van der Waals surface area (Å²) in [6, 6.07) is 1.62. The molecular weight excluding hydrogens is 292 g/mol. The third-order valence-corrected chi connectivity index (χ3v) is 5.17. The Balaban J connectivity index is 1.80. The average molecular weight is 318 g/mol. The second kappa shape index (κ2) is 6.83. The number of nitrogens with one attached hydrogen (secondary N) is 1. The van der Waals surface area contributed by atoms with Gasteiger partial charge in [-0.25, -0.2) is 4.98 Å². The predicted octanol–water partition coefficient (Wildman–Crippen LogP) is 1.30. The van der Waals surface area contributed by atoms with Crippen LogP contribution in [0.1, 0.15) is 56.0 Å². The van der Waals surface area contributed by atoms with Crippen molar-refractivity contribution in [2.45, 2.75) is 44.4 Å². The molecule has 2 fully saturated rings. The average Bonchev–Trinajstić information content (AvgIpc) is 2.55. The van der Waals surface area contributed by atoms with E-state index in [9.17, 15) is 9.59 Å². The van der Waals surface area contributed by atoms with Gasteiger partial charge in [0.05, 0.1) is 5.69 Å². The summed E-state index contributed by atoms with van der Waals surface area (Å²) in [6.45, 7) is 5.19. The molecule has 1 aromatic heterocycles. The highest BCUT2D eigenvalue weighted by atomic mass is 16.2. The maximum atomic E-state index is 12.1. The lowest BCUT2D eigenvalue weighted by atomic mass is 9.93. The van der Waals surface area contributed by atoms with Gasteiger partial charge in [0, 0.05) is 37.9 Å². The normalized spacial score (nSPS) is 23.9. The highest BCUT2D eigenvalue weighted by Crippen LogP contribution is 2.28. The molecule has 6 nitrogen and oxygen atoms in total. The van der Waals surface area contributed by atoms with Crippen LogP contribution in [0.25, 0.3) is 0 Å². The fraction of sp³-hybridized carbons (Fsp3) is 0.706. The van der Waals surface area contributed by atoms with E-state index in [1.807, 2.05) is 4.90 Å². The standard InChI is InChI=1S/C17H26N4O2/c1-12(22)21-7-3-4-14(11-21)15-10-16(23)19-17(18-15)13-5-8-20(2)9-6-13/h10,13-14H,3-9,11H2,1-2H3,(H,18,19,23)/t14-/m0/s1. The fourth-order valence-corrected chi connectivity index (χ4v) is 3.69. The zero-order valence-electron chi connectivity index (χ0n) is 14.0. The number of aromatic amines is 1. The van der Waals surface area contributed by atoms with Crippen LogP contribution >= 0.6 is 0 Å². The molecule has 3 rings (SSSR count). The van der Waals surface area contributed by atoms with Crippen LogP contribution in [0.2, 0.25) is 0 Å². The third kappa shape index (κ3) is 3.80. The van der Waals surface area contributed by atoms with Gasteiger partial charge in [0.25, 0.3) is 5.56 Å². The first kappa shape index (κ1) is 16.2. The molecule has 0 radical (unpaired) electrons. The summed E-state index contributed by atoms with van der Waals surface area (Å²) in [6.07, 6.45) is 4.04. The molecule has 2 saturated heterocycles. The van der Waals surface area contributed by atoms with E-state index >= 15 is 0 Å². The van der Waals surface area contributed by atoms with Gasteiger partial charge in [0.1, 0.15) is 5.82 Å². The van der Waals surface area contributed by atoms with Gasteiger partial charge in [0.2, 0.25) is 5.91 Å². The third-order valence-electron chi connectivity index (χ3n) is 5.17. The number of aromatic nitrogens is 2. The lowest BCUT2D eigenvalue weighted by molar-refractivity contribution is -0.130. The maximum Gasteiger partial charge on any atom is 0.251 e. The summed E-state index contributed by atoms with van der Waals surface area (Å²) < 4.78 is 0. The van der Waals surface area contributed by atoms with Crippen LogP contribution in [0.3, 0.4) is 0 Å². The lowest BCUT2D eigenvalue weighted by Crippen LogP contribution is -2.38. The fourth-order valence-electron chi connectivity index (χ4n) is 3.69. The molecule has 2 aliphatic rings. The minimum Gasteiger partial charge on any atom is -0.342 e. The van der Waals surface area contributed by atoms with Crippen molar-refractivity contribution in [2.24, 2.45) is 0 Å². The zero-order valence-corrected chi connectivity index (χ0v) is 14.0. The molecule has 126 valence electrons. The van der Waals surface area contributed by atoms with Crippen LogP contribution in [0.5, 0.6) is 0 Å². The van der Waals surface area contributed by atoms with E-state index in [0.717, 1.165) is 56.8 Å². The number of amides is 1. The number of piperidine rings is 2. The van der Waals surface area contributed by atoms with E-state index in [1.165, 1.54) is 0 Å². The number of carbonyl (C=O) groups excluding carboxylic acids is 1. The van der Waals surface area contributed by atoms with Crippen LogP contribution in [0.15, 0.2) is 10.9 Å². The van der Waals surface area contributed by atoms with Crippen molar-refractivity contribution in [3.05, 3.63) is 27.9 Å². The summed E-state index contributed by atoms with van der Waals surface area (Å²) in [5.41, 5.74) is 0.789. The van der Waals surface area contributed by atoms with Gasteiger partial charge in [-0.15, -0.1) is 0 Å². The molecule has 1 N–H and O–H groups in total. The second-order valence-corrected chi connectivity index (χ2v) is 6.94. The molecule has 0 aliphatic carbocycles. The molecule has 23 heavy (non-hydrogen) atoms. The van der Waals surface area contributed by atoms with Crippen molar-refractivity contribution in [3.63, 3.8) is 0 Å². The highest BCUT2D eigenvalue weighted by molar-refractivity contribution is 5.73. The molecule has 1 aromatic rings. The molecular formula is C17H26N4O2. The van der Waals surface area contributed by atoms with E-state index in [2.05, 4.69) is 16.9 Å². The Morgan fingerprint density at radius 1 is 1.22 bits per heavy atom. The van der Waals surface area contributed by atoms with Crippen LogP contribution < -0.4 is 5.56 Å². The van der Waals surface area contributed by atoms with E-state index in [-0.39, 0.29) is 17.4 Å². The van der Waals surface area contributed by atoms with Gasteiger partial charge in [-0.1, -0.05) is 0 Å². The summed E-state index contributed by atoms with van der Waals surface area (Å²) in [5.74, 6) is 1.46.